The molecule has 0 fully saturated rings. The molecule has 0 aliphatic carbocycles. The molecular formula is C17H22N4O2S. The lowest BCUT2D eigenvalue weighted by atomic mass is 10.1. The third-order valence-corrected chi connectivity index (χ3v) is 5.44. The second kappa shape index (κ2) is 7.16. The second-order valence-electron chi connectivity index (χ2n) is 6.07. The van der Waals surface area contributed by atoms with Crippen molar-refractivity contribution in [3.8, 4) is 6.07 Å². The van der Waals surface area contributed by atoms with E-state index in [2.05, 4.69) is 9.82 Å². The maximum absolute atomic E-state index is 12.4. The summed E-state index contributed by atoms with van der Waals surface area (Å²) in [7, 11) is -1.61. The van der Waals surface area contributed by atoms with Crippen molar-refractivity contribution in [2.45, 2.75) is 39.0 Å². The number of aromatic nitrogens is 2. The Bertz CT molecular complexity index is 878. The van der Waals surface area contributed by atoms with Crippen molar-refractivity contribution in [3.63, 3.8) is 0 Å². The van der Waals surface area contributed by atoms with E-state index in [9.17, 15) is 8.42 Å². The molecule has 1 heterocycles. The molecule has 0 bridgehead atoms. The van der Waals surface area contributed by atoms with Gasteiger partial charge in [-0.1, -0.05) is 12.1 Å². The minimum atomic E-state index is -3.48. The highest BCUT2D eigenvalue weighted by atomic mass is 32.2. The molecule has 0 saturated carbocycles. The number of nitrogens with zero attached hydrogens (tertiary/aromatic N) is 3. The molecule has 0 unspecified atom stereocenters. The van der Waals surface area contributed by atoms with Crippen LogP contribution in [-0.4, -0.2) is 24.2 Å². The molecule has 1 aromatic carbocycles. The smallest absolute Gasteiger partial charge is 0.216 e. The number of nitriles is 1. The van der Waals surface area contributed by atoms with E-state index in [1.807, 2.05) is 33.9 Å². The standard InChI is InChI=1S/C17H22N4O2S/c1-12(8-17-13(2)19-21(4)14(17)3)20-24(22,23)11-16-7-5-6-15(9-16)10-18/h5-7,9,12,20H,8,11H2,1-4H3/t12-/m0/s1. The minimum absolute atomic E-state index is 0.141. The largest absolute Gasteiger partial charge is 0.272 e. The minimum Gasteiger partial charge on any atom is -0.272 e. The molecular weight excluding hydrogens is 324 g/mol. The summed E-state index contributed by atoms with van der Waals surface area (Å²) in [5, 5.41) is 13.3. The van der Waals surface area contributed by atoms with E-state index < -0.39 is 10.0 Å². The molecule has 0 aliphatic rings. The molecule has 24 heavy (non-hydrogen) atoms. The third-order valence-electron chi connectivity index (χ3n) is 3.96. The summed E-state index contributed by atoms with van der Waals surface area (Å²) >= 11 is 0. The molecule has 1 N–H and O–H groups in total. The molecule has 1 atom stereocenters. The fourth-order valence-electron chi connectivity index (χ4n) is 2.76. The van der Waals surface area contributed by atoms with Crippen molar-refractivity contribution in [2.24, 2.45) is 7.05 Å². The molecule has 0 amide bonds. The van der Waals surface area contributed by atoms with Crippen LogP contribution < -0.4 is 4.72 Å². The monoisotopic (exact) mass is 346 g/mol. The zero-order chi connectivity index (χ0) is 17.9. The summed E-state index contributed by atoms with van der Waals surface area (Å²) in [5.41, 5.74) is 4.09. The van der Waals surface area contributed by atoms with Crippen molar-refractivity contribution < 1.29 is 8.42 Å². The maximum atomic E-state index is 12.4. The third kappa shape index (κ3) is 4.43. The number of nitrogens with one attached hydrogen (secondary N) is 1. The van der Waals surface area contributed by atoms with E-state index in [0.717, 1.165) is 17.0 Å². The Balaban J connectivity index is 2.07. The van der Waals surface area contributed by atoms with Crippen molar-refractivity contribution in [3.05, 3.63) is 52.3 Å². The molecule has 6 nitrogen and oxygen atoms in total. The summed E-state index contributed by atoms with van der Waals surface area (Å²) in [4.78, 5) is 0. The summed E-state index contributed by atoms with van der Waals surface area (Å²) in [6.45, 7) is 5.75. The number of sulfonamides is 1. The van der Waals surface area contributed by atoms with Crippen LogP contribution in [0.4, 0.5) is 0 Å². The normalized spacial score (nSPS) is 12.8. The van der Waals surface area contributed by atoms with Crippen molar-refractivity contribution >= 4 is 10.0 Å². The van der Waals surface area contributed by atoms with Gasteiger partial charge in [-0.2, -0.15) is 10.4 Å². The predicted octanol–water partition coefficient (Wildman–Crippen LogP) is 1.96. The number of aryl methyl sites for hydroxylation is 2. The average molecular weight is 346 g/mol. The van der Waals surface area contributed by atoms with Gasteiger partial charge in [0.15, 0.2) is 0 Å². The van der Waals surface area contributed by atoms with Gasteiger partial charge in [-0.25, -0.2) is 13.1 Å². The topological polar surface area (TPSA) is 87.8 Å². The molecule has 0 radical (unpaired) electrons. The van der Waals surface area contributed by atoms with Crippen LogP contribution in [0.25, 0.3) is 0 Å². The fourth-order valence-corrected chi connectivity index (χ4v) is 4.16. The van der Waals surface area contributed by atoms with Crippen LogP contribution in [0.5, 0.6) is 0 Å². The lowest BCUT2D eigenvalue weighted by Crippen LogP contribution is -2.35. The van der Waals surface area contributed by atoms with E-state index in [1.165, 1.54) is 0 Å². The molecule has 2 rings (SSSR count). The van der Waals surface area contributed by atoms with E-state index >= 15 is 0 Å². The van der Waals surface area contributed by atoms with E-state index in [4.69, 9.17) is 5.26 Å². The Morgan fingerprint density at radius 2 is 2.08 bits per heavy atom. The lowest BCUT2D eigenvalue weighted by Gasteiger charge is -2.15. The van der Waals surface area contributed by atoms with Crippen LogP contribution in [0.1, 0.15) is 35.0 Å². The Morgan fingerprint density at radius 1 is 1.38 bits per heavy atom. The first-order valence-corrected chi connectivity index (χ1v) is 9.35. The van der Waals surface area contributed by atoms with Crippen LogP contribution in [0.3, 0.4) is 0 Å². The quantitative estimate of drug-likeness (QED) is 0.866. The first kappa shape index (κ1) is 18.2. The van der Waals surface area contributed by atoms with Gasteiger partial charge < -0.3 is 0 Å². The molecule has 128 valence electrons. The SMILES string of the molecule is Cc1nn(C)c(C)c1C[C@H](C)NS(=O)(=O)Cc1cccc(C#N)c1. The Kier molecular flexibility index (Phi) is 5.42. The second-order valence-corrected chi connectivity index (χ2v) is 7.82. The molecule has 1 aromatic heterocycles. The van der Waals surface area contributed by atoms with Crippen LogP contribution in [0, 0.1) is 25.2 Å². The highest BCUT2D eigenvalue weighted by molar-refractivity contribution is 7.88. The van der Waals surface area contributed by atoms with Gasteiger partial charge in [0.2, 0.25) is 10.0 Å². The highest BCUT2D eigenvalue weighted by Gasteiger charge is 2.19. The first-order valence-electron chi connectivity index (χ1n) is 7.70. The summed E-state index contributed by atoms with van der Waals surface area (Å²) in [5.74, 6) is -0.141. The molecule has 0 saturated heterocycles. The molecule has 7 heteroatoms. The Labute approximate surface area is 143 Å². The molecule has 0 aliphatic heterocycles. The van der Waals surface area contributed by atoms with Gasteiger partial charge >= 0.3 is 0 Å². The molecule has 0 spiro atoms. The van der Waals surface area contributed by atoms with E-state index in [-0.39, 0.29) is 11.8 Å². The number of benzene rings is 1. The summed E-state index contributed by atoms with van der Waals surface area (Å²) in [6, 6.07) is 8.42. The van der Waals surface area contributed by atoms with Crippen LogP contribution in [0.2, 0.25) is 0 Å². The predicted molar refractivity (Wildman–Crippen MR) is 92.8 cm³/mol. The van der Waals surface area contributed by atoms with Crippen LogP contribution in [-0.2, 0) is 29.2 Å². The zero-order valence-electron chi connectivity index (χ0n) is 14.4. The van der Waals surface area contributed by atoms with Gasteiger partial charge in [-0.05, 0) is 50.5 Å². The average Bonchev–Trinajstić information content (AvgIpc) is 2.72. The summed E-state index contributed by atoms with van der Waals surface area (Å²) in [6.07, 6.45) is 0.586. The van der Waals surface area contributed by atoms with Gasteiger partial charge in [-0.3, -0.25) is 4.68 Å². The van der Waals surface area contributed by atoms with Gasteiger partial charge in [-0.15, -0.1) is 0 Å². The van der Waals surface area contributed by atoms with Gasteiger partial charge in [0.05, 0.1) is 23.1 Å². The fraction of sp³-hybridized carbons (Fsp3) is 0.412. The maximum Gasteiger partial charge on any atom is 0.216 e. The Hall–Kier alpha value is -2.17. The van der Waals surface area contributed by atoms with Crippen LogP contribution in [0.15, 0.2) is 24.3 Å². The van der Waals surface area contributed by atoms with Crippen LogP contribution >= 0.6 is 0 Å². The van der Waals surface area contributed by atoms with E-state index in [1.54, 1.807) is 28.9 Å². The first-order chi connectivity index (χ1) is 11.2. The Morgan fingerprint density at radius 3 is 2.67 bits per heavy atom. The van der Waals surface area contributed by atoms with Gasteiger partial charge in [0, 0.05) is 18.8 Å². The number of hydrogen-bond donors (Lipinski definition) is 1. The van der Waals surface area contributed by atoms with Gasteiger partial charge in [0.1, 0.15) is 0 Å². The van der Waals surface area contributed by atoms with E-state index in [0.29, 0.717) is 17.5 Å². The van der Waals surface area contributed by atoms with Crippen molar-refractivity contribution in [2.75, 3.05) is 0 Å². The van der Waals surface area contributed by atoms with Crippen molar-refractivity contribution in [1.29, 1.82) is 5.26 Å². The van der Waals surface area contributed by atoms with Crippen molar-refractivity contribution in [1.82, 2.24) is 14.5 Å². The zero-order valence-corrected chi connectivity index (χ0v) is 15.2. The molecule has 2 aromatic rings. The number of hydrogen-bond acceptors (Lipinski definition) is 4. The highest BCUT2D eigenvalue weighted by Crippen LogP contribution is 2.15. The lowest BCUT2D eigenvalue weighted by molar-refractivity contribution is 0.558. The van der Waals surface area contributed by atoms with Gasteiger partial charge in [0.25, 0.3) is 0 Å². The number of rotatable bonds is 6. The summed E-state index contributed by atoms with van der Waals surface area (Å²) < 4.78 is 29.2.